The number of halogens is 4. The van der Waals surface area contributed by atoms with Crippen LogP contribution in [0.4, 0.5) is 13.2 Å². The highest BCUT2D eigenvalue weighted by atomic mass is 79.9. The highest BCUT2D eigenvalue weighted by Gasteiger charge is 2.28. The van der Waals surface area contributed by atoms with Gasteiger partial charge in [-0.05, 0) is 33.9 Å². The third kappa shape index (κ3) is 6.17. The summed E-state index contributed by atoms with van der Waals surface area (Å²) in [6.45, 7) is 1.47. The fourth-order valence-corrected chi connectivity index (χ4v) is 3.09. The Hall–Kier alpha value is -0.110. The van der Waals surface area contributed by atoms with Crippen molar-refractivity contribution in [2.75, 3.05) is 19.8 Å². The van der Waals surface area contributed by atoms with E-state index in [9.17, 15) is 13.2 Å². The summed E-state index contributed by atoms with van der Waals surface area (Å²) in [5.41, 5.74) is 0. The van der Waals surface area contributed by atoms with E-state index in [4.69, 9.17) is 4.74 Å². The van der Waals surface area contributed by atoms with Crippen LogP contribution in [0.25, 0.3) is 0 Å². The highest BCUT2D eigenvalue weighted by molar-refractivity contribution is 9.10. The number of hydrogen-bond donors (Lipinski definition) is 1. The zero-order valence-corrected chi connectivity index (χ0v) is 12.3. The quantitative estimate of drug-likeness (QED) is 0.814. The molecule has 1 atom stereocenters. The minimum absolute atomic E-state index is 0.0533. The summed E-state index contributed by atoms with van der Waals surface area (Å²) in [7, 11) is 0. The van der Waals surface area contributed by atoms with Gasteiger partial charge in [-0.1, -0.05) is 6.92 Å². The van der Waals surface area contributed by atoms with Gasteiger partial charge in [0, 0.05) is 21.8 Å². The van der Waals surface area contributed by atoms with E-state index in [0.29, 0.717) is 13.0 Å². The molecule has 0 saturated carbocycles. The molecule has 104 valence electrons. The molecular formula is C11H15BrF3NOS. The van der Waals surface area contributed by atoms with Gasteiger partial charge >= 0.3 is 6.18 Å². The number of hydrogen-bond acceptors (Lipinski definition) is 3. The first-order valence-electron chi connectivity index (χ1n) is 5.52. The van der Waals surface area contributed by atoms with Crippen LogP contribution >= 0.6 is 27.3 Å². The second-order valence-electron chi connectivity index (χ2n) is 3.78. The Kier molecular flexibility index (Phi) is 6.62. The predicted octanol–water partition coefficient (Wildman–Crippen LogP) is 3.61. The summed E-state index contributed by atoms with van der Waals surface area (Å²) in [5, 5.41) is 5.07. The van der Waals surface area contributed by atoms with Crippen LogP contribution in [0, 0.1) is 0 Å². The van der Waals surface area contributed by atoms with E-state index in [-0.39, 0.29) is 12.6 Å². The number of likely N-dealkylation sites (N-methyl/N-ethyl adjacent to an activating group) is 1. The van der Waals surface area contributed by atoms with E-state index >= 15 is 0 Å². The minimum atomic E-state index is -4.26. The van der Waals surface area contributed by atoms with Crippen LogP contribution in [0.5, 0.6) is 0 Å². The molecule has 0 aliphatic heterocycles. The second kappa shape index (κ2) is 7.47. The first kappa shape index (κ1) is 15.9. The van der Waals surface area contributed by atoms with Gasteiger partial charge in [0.1, 0.15) is 6.61 Å². The Balaban J connectivity index is 2.42. The molecular weight excluding hydrogens is 331 g/mol. The summed E-state index contributed by atoms with van der Waals surface area (Å²) < 4.78 is 41.6. The molecule has 0 bridgehead atoms. The molecule has 18 heavy (non-hydrogen) atoms. The molecule has 0 aliphatic rings. The maximum Gasteiger partial charge on any atom is 0.411 e. The van der Waals surface area contributed by atoms with Crippen molar-refractivity contribution in [3.8, 4) is 0 Å². The molecule has 1 heterocycles. The Morgan fingerprint density at radius 2 is 2.22 bits per heavy atom. The molecule has 1 aromatic rings. The minimum Gasteiger partial charge on any atom is -0.370 e. The topological polar surface area (TPSA) is 21.3 Å². The third-order valence-corrected chi connectivity index (χ3v) is 4.15. The zero-order chi connectivity index (χ0) is 13.6. The van der Waals surface area contributed by atoms with Crippen molar-refractivity contribution in [2.45, 2.75) is 25.6 Å². The van der Waals surface area contributed by atoms with Crippen molar-refractivity contribution in [1.29, 1.82) is 0 Å². The third-order valence-electron chi connectivity index (χ3n) is 2.20. The molecule has 0 fully saturated rings. The molecule has 1 rings (SSSR count). The van der Waals surface area contributed by atoms with Gasteiger partial charge in [0.15, 0.2) is 0 Å². The number of nitrogens with one attached hydrogen (secondary N) is 1. The van der Waals surface area contributed by atoms with Gasteiger partial charge in [-0.15, -0.1) is 11.3 Å². The smallest absolute Gasteiger partial charge is 0.370 e. The van der Waals surface area contributed by atoms with Crippen molar-refractivity contribution in [1.82, 2.24) is 5.32 Å². The molecule has 1 unspecified atom stereocenters. The van der Waals surface area contributed by atoms with Gasteiger partial charge in [0.25, 0.3) is 0 Å². The Labute approximate surface area is 117 Å². The van der Waals surface area contributed by atoms with Gasteiger partial charge in [0.2, 0.25) is 0 Å². The Bertz CT molecular complexity index is 356. The van der Waals surface area contributed by atoms with Gasteiger partial charge in [-0.25, -0.2) is 0 Å². The maximum absolute atomic E-state index is 12.0. The molecule has 1 aromatic heterocycles. The number of rotatable bonds is 7. The fourth-order valence-electron chi connectivity index (χ4n) is 1.49. The summed E-state index contributed by atoms with van der Waals surface area (Å²) in [4.78, 5) is 1.11. The number of alkyl halides is 3. The fraction of sp³-hybridized carbons (Fsp3) is 0.636. The van der Waals surface area contributed by atoms with Gasteiger partial charge < -0.3 is 10.1 Å². The van der Waals surface area contributed by atoms with Crippen molar-refractivity contribution in [3.63, 3.8) is 0 Å². The van der Waals surface area contributed by atoms with E-state index in [2.05, 4.69) is 21.2 Å². The standard InChI is InChI=1S/C11H15BrF3NOS/c1-2-16-8(6-17-7-11(13,14)15)5-10-9(12)3-4-18-10/h3-4,8,16H,2,5-7H2,1H3. The molecule has 1 N–H and O–H groups in total. The molecule has 0 spiro atoms. The first-order valence-corrected chi connectivity index (χ1v) is 7.19. The average molecular weight is 346 g/mol. The monoisotopic (exact) mass is 345 g/mol. The lowest BCUT2D eigenvalue weighted by molar-refractivity contribution is -0.175. The van der Waals surface area contributed by atoms with Crippen LogP contribution in [0.15, 0.2) is 15.9 Å². The van der Waals surface area contributed by atoms with E-state index < -0.39 is 12.8 Å². The number of ether oxygens (including phenoxy) is 1. The Morgan fingerprint density at radius 3 is 2.72 bits per heavy atom. The van der Waals surface area contributed by atoms with E-state index in [1.54, 1.807) is 11.3 Å². The van der Waals surface area contributed by atoms with Crippen LogP contribution in [0.3, 0.4) is 0 Å². The molecule has 0 saturated heterocycles. The lowest BCUT2D eigenvalue weighted by Gasteiger charge is -2.18. The summed E-state index contributed by atoms with van der Waals surface area (Å²) >= 11 is 4.99. The molecule has 0 amide bonds. The van der Waals surface area contributed by atoms with Crippen molar-refractivity contribution in [2.24, 2.45) is 0 Å². The van der Waals surface area contributed by atoms with Crippen molar-refractivity contribution >= 4 is 27.3 Å². The summed E-state index contributed by atoms with van der Waals surface area (Å²) in [5.74, 6) is 0. The van der Waals surface area contributed by atoms with Crippen LogP contribution in [0.1, 0.15) is 11.8 Å². The lowest BCUT2D eigenvalue weighted by atomic mass is 10.2. The predicted molar refractivity (Wildman–Crippen MR) is 70.1 cm³/mol. The van der Waals surface area contributed by atoms with Crippen LogP contribution in [-0.2, 0) is 11.2 Å². The lowest BCUT2D eigenvalue weighted by Crippen LogP contribution is -2.36. The van der Waals surface area contributed by atoms with Crippen LogP contribution < -0.4 is 5.32 Å². The second-order valence-corrected chi connectivity index (χ2v) is 5.64. The first-order chi connectivity index (χ1) is 8.42. The largest absolute Gasteiger partial charge is 0.411 e. The molecule has 2 nitrogen and oxygen atoms in total. The highest BCUT2D eigenvalue weighted by Crippen LogP contribution is 2.24. The summed E-state index contributed by atoms with van der Waals surface area (Å²) in [6, 6.07) is 1.83. The van der Waals surface area contributed by atoms with Gasteiger partial charge in [-0.3, -0.25) is 0 Å². The average Bonchev–Trinajstić information content (AvgIpc) is 2.63. The molecule has 7 heteroatoms. The summed E-state index contributed by atoms with van der Waals surface area (Å²) in [6.07, 6.45) is -3.61. The molecule has 0 radical (unpaired) electrons. The van der Waals surface area contributed by atoms with Crippen molar-refractivity contribution < 1.29 is 17.9 Å². The zero-order valence-electron chi connectivity index (χ0n) is 9.89. The molecule has 0 aliphatic carbocycles. The van der Waals surface area contributed by atoms with E-state index in [0.717, 1.165) is 9.35 Å². The van der Waals surface area contributed by atoms with Crippen LogP contribution in [0.2, 0.25) is 0 Å². The SMILES string of the molecule is CCNC(COCC(F)(F)F)Cc1sccc1Br. The molecule has 0 aromatic carbocycles. The van der Waals surface area contributed by atoms with E-state index in [1.807, 2.05) is 18.4 Å². The normalized spacial score (nSPS) is 13.8. The van der Waals surface area contributed by atoms with Gasteiger partial charge in [0.05, 0.1) is 6.61 Å². The Morgan fingerprint density at radius 1 is 1.50 bits per heavy atom. The van der Waals surface area contributed by atoms with Crippen LogP contribution in [-0.4, -0.2) is 32.0 Å². The van der Waals surface area contributed by atoms with Gasteiger partial charge in [-0.2, -0.15) is 13.2 Å². The maximum atomic E-state index is 12.0. The van der Waals surface area contributed by atoms with E-state index in [1.165, 1.54) is 0 Å². The number of thiophene rings is 1. The van der Waals surface area contributed by atoms with Crippen molar-refractivity contribution in [3.05, 3.63) is 20.8 Å².